The number of aromatic nitrogens is 1. The van der Waals surface area contributed by atoms with E-state index in [2.05, 4.69) is 204 Å². The Morgan fingerprint density at radius 2 is 1.04 bits per heavy atom. The number of benzene rings is 8. The van der Waals surface area contributed by atoms with Crippen LogP contribution in [0.5, 0.6) is 0 Å². The molecule has 0 bridgehead atoms. The lowest BCUT2D eigenvalue weighted by molar-refractivity contribution is 0.346. The Balaban J connectivity index is 1.04. The molecular formula is C54H42N2S. The fourth-order valence-corrected chi connectivity index (χ4v) is 10.9. The minimum absolute atomic E-state index is 0.0589. The Morgan fingerprint density at radius 1 is 0.439 bits per heavy atom. The molecule has 0 amide bonds. The molecule has 1 saturated carbocycles. The molecule has 0 radical (unpaired) electrons. The molecule has 0 saturated heterocycles. The SMILES string of the molecule is c1ccc(-n2c3ccccc3c3ccc(-c4ccc(N(c5ccc(C6(c7ccccc7)CCCCC6)cc5)c5cccc6c5sc5ccccc56)cc4)cc32)cc1. The number of fused-ring (bicyclic) bond motifs is 6. The number of nitrogens with zero attached hydrogens (tertiary/aromatic N) is 2. The summed E-state index contributed by atoms with van der Waals surface area (Å²) in [6.07, 6.45) is 6.25. The van der Waals surface area contributed by atoms with Gasteiger partial charge in [0.15, 0.2) is 0 Å². The summed E-state index contributed by atoms with van der Waals surface area (Å²) in [7, 11) is 0. The number of para-hydroxylation sites is 2. The van der Waals surface area contributed by atoms with Gasteiger partial charge in [0.05, 0.1) is 21.4 Å². The van der Waals surface area contributed by atoms with Gasteiger partial charge in [0.1, 0.15) is 0 Å². The van der Waals surface area contributed by atoms with E-state index in [4.69, 9.17) is 0 Å². The van der Waals surface area contributed by atoms with E-state index in [1.54, 1.807) is 0 Å². The lowest BCUT2D eigenvalue weighted by atomic mass is 9.65. The molecule has 0 spiro atoms. The third-order valence-electron chi connectivity index (χ3n) is 12.5. The molecule has 0 aliphatic heterocycles. The van der Waals surface area contributed by atoms with E-state index >= 15 is 0 Å². The van der Waals surface area contributed by atoms with E-state index in [0.717, 1.165) is 5.69 Å². The van der Waals surface area contributed by atoms with Crippen molar-refractivity contribution in [3.8, 4) is 16.8 Å². The summed E-state index contributed by atoms with van der Waals surface area (Å²) in [6, 6.07) is 72.0. The summed E-state index contributed by atoms with van der Waals surface area (Å²) in [5.41, 5.74) is 12.5. The maximum absolute atomic E-state index is 2.47. The van der Waals surface area contributed by atoms with Crippen LogP contribution < -0.4 is 4.90 Å². The largest absolute Gasteiger partial charge is 0.309 e. The molecule has 274 valence electrons. The zero-order valence-corrected chi connectivity index (χ0v) is 32.6. The molecule has 11 rings (SSSR count). The zero-order valence-electron chi connectivity index (χ0n) is 31.8. The number of hydrogen-bond donors (Lipinski definition) is 0. The lowest BCUT2D eigenvalue weighted by Crippen LogP contribution is -2.30. The minimum Gasteiger partial charge on any atom is -0.309 e. The van der Waals surface area contributed by atoms with Crippen LogP contribution in [0.2, 0.25) is 0 Å². The van der Waals surface area contributed by atoms with Gasteiger partial charge in [0.2, 0.25) is 0 Å². The van der Waals surface area contributed by atoms with Crippen molar-refractivity contribution in [3.05, 3.63) is 205 Å². The van der Waals surface area contributed by atoms with Gasteiger partial charge in [-0.15, -0.1) is 11.3 Å². The molecule has 2 heterocycles. The van der Waals surface area contributed by atoms with Crippen molar-refractivity contribution in [1.29, 1.82) is 0 Å². The Bertz CT molecular complexity index is 3020. The maximum atomic E-state index is 2.47. The quantitative estimate of drug-likeness (QED) is 0.157. The van der Waals surface area contributed by atoms with Gasteiger partial charge in [0.25, 0.3) is 0 Å². The second-order valence-electron chi connectivity index (χ2n) is 15.6. The second-order valence-corrected chi connectivity index (χ2v) is 16.7. The monoisotopic (exact) mass is 750 g/mol. The molecule has 0 N–H and O–H groups in total. The van der Waals surface area contributed by atoms with Gasteiger partial charge in [-0.2, -0.15) is 0 Å². The van der Waals surface area contributed by atoms with Crippen LogP contribution in [0.15, 0.2) is 194 Å². The first kappa shape index (κ1) is 33.9. The molecule has 2 aromatic heterocycles. The Kier molecular flexibility index (Phi) is 8.29. The number of hydrogen-bond acceptors (Lipinski definition) is 2. The number of rotatable bonds is 7. The maximum Gasteiger partial charge on any atom is 0.0640 e. The topological polar surface area (TPSA) is 8.17 Å². The van der Waals surface area contributed by atoms with E-state index in [-0.39, 0.29) is 5.41 Å². The van der Waals surface area contributed by atoms with Crippen LogP contribution in [0.25, 0.3) is 58.8 Å². The minimum atomic E-state index is 0.0589. The van der Waals surface area contributed by atoms with Gasteiger partial charge in [-0.1, -0.05) is 153 Å². The highest BCUT2D eigenvalue weighted by molar-refractivity contribution is 7.26. The average molecular weight is 751 g/mol. The lowest BCUT2D eigenvalue weighted by Gasteiger charge is -2.39. The molecule has 0 atom stereocenters. The molecule has 1 aliphatic carbocycles. The van der Waals surface area contributed by atoms with E-state index in [1.165, 1.54) is 113 Å². The standard InChI is InChI=1S/C54H42N2S/c1-4-15-40(16-5-1)54(35-12-3-13-36-54)41-28-32-44(33-29-41)55(50-23-14-21-48-47-20-9-11-24-52(47)57-53(48)50)43-30-25-38(26-31-43)39-27-34-46-45-19-8-10-22-49(45)56(51(46)37-39)42-17-6-2-7-18-42/h1-2,4-11,14-34,37H,3,12-13,35-36H2. The van der Waals surface area contributed by atoms with Gasteiger partial charge in [-0.25, -0.2) is 0 Å². The average Bonchev–Trinajstić information content (AvgIpc) is 3.84. The van der Waals surface area contributed by atoms with Crippen molar-refractivity contribution in [2.45, 2.75) is 37.5 Å². The second kappa shape index (κ2) is 14.0. The zero-order chi connectivity index (χ0) is 37.8. The molecule has 1 fully saturated rings. The van der Waals surface area contributed by atoms with Crippen LogP contribution in [-0.4, -0.2) is 4.57 Å². The fraction of sp³-hybridized carbons (Fsp3) is 0.111. The summed E-state index contributed by atoms with van der Waals surface area (Å²) >= 11 is 1.89. The first-order chi connectivity index (χ1) is 28.2. The first-order valence-electron chi connectivity index (χ1n) is 20.3. The Labute approximate surface area is 337 Å². The van der Waals surface area contributed by atoms with Gasteiger partial charge in [-0.3, -0.25) is 0 Å². The molecule has 1 aliphatic rings. The summed E-state index contributed by atoms with van der Waals surface area (Å²) < 4.78 is 5.02. The van der Waals surface area contributed by atoms with Crippen molar-refractivity contribution in [1.82, 2.24) is 4.57 Å². The summed E-state index contributed by atoms with van der Waals surface area (Å²) in [4.78, 5) is 2.47. The fourth-order valence-electron chi connectivity index (χ4n) is 9.73. The summed E-state index contributed by atoms with van der Waals surface area (Å²) in [5.74, 6) is 0. The molecule has 2 nitrogen and oxygen atoms in total. The highest BCUT2D eigenvalue weighted by atomic mass is 32.1. The van der Waals surface area contributed by atoms with Crippen molar-refractivity contribution in [2.24, 2.45) is 0 Å². The third-order valence-corrected chi connectivity index (χ3v) is 13.7. The van der Waals surface area contributed by atoms with Crippen LogP contribution in [-0.2, 0) is 5.41 Å². The van der Waals surface area contributed by atoms with E-state index in [9.17, 15) is 0 Å². The van der Waals surface area contributed by atoms with Crippen LogP contribution in [0.4, 0.5) is 17.1 Å². The van der Waals surface area contributed by atoms with Crippen molar-refractivity contribution in [3.63, 3.8) is 0 Å². The van der Waals surface area contributed by atoms with Gasteiger partial charge in [-0.05, 0) is 95.8 Å². The van der Waals surface area contributed by atoms with Gasteiger partial charge in [0, 0.05) is 48.7 Å². The highest BCUT2D eigenvalue weighted by Crippen LogP contribution is 2.48. The Hall–Kier alpha value is -6.42. The predicted molar refractivity (Wildman–Crippen MR) is 244 cm³/mol. The normalized spacial score (nSPS) is 14.1. The van der Waals surface area contributed by atoms with Crippen LogP contribution in [0.3, 0.4) is 0 Å². The number of thiophene rings is 1. The Morgan fingerprint density at radius 3 is 1.81 bits per heavy atom. The molecule has 8 aromatic carbocycles. The first-order valence-corrected chi connectivity index (χ1v) is 21.1. The molecule has 3 heteroatoms. The predicted octanol–water partition coefficient (Wildman–Crippen LogP) is 15.5. The van der Waals surface area contributed by atoms with E-state index < -0.39 is 0 Å². The third kappa shape index (κ3) is 5.68. The number of anilines is 3. The smallest absolute Gasteiger partial charge is 0.0640 e. The van der Waals surface area contributed by atoms with Crippen LogP contribution in [0, 0.1) is 0 Å². The van der Waals surface area contributed by atoms with E-state index in [1.807, 2.05) is 11.3 Å². The van der Waals surface area contributed by atoms with Crippen LogP contribution in [0.1, 0.15) is 43.2 Å². The van der Waals surface area contributed by atoms with E-state index in [0.29, 0.717) is 0 Å². The van der Waals surface area contributed by atoms with Gasteiger partial charge >= 0.3 is 0 Å². The van der Waals surface area contributed by atoms with Crippen LogP contribution >= 0.6 is 11.3 Å². The molecular weight excluding hydrogens is 709 g/mol. The molecule has 0 unspecified atom stereocenters. The highest BCUT2D eigenvalue weighted by Gasteiger charge is 2.35. The molecule has 57 heavy (non-hydrogen) atoms. The van der Waals surface area contributed by atoms with Crippen molar-refractivity contribution in [2.75, 3.05) is 4.90 Å². The summed E-state index contributed by atoms with van der Waals surface area (Å²) in [6.45, 7) is 0. The van der Waals surface area contributed by atoms with Crippen molar-refractivity contribution >= 4 is 70.4 Å². The van der Waals surface area contributed by atoms with Gasteiger partial charge < -0.3 is 9.47 Å². The molecule has 10 aromatic rings. The summed E-state index contributed by atoms with van der Waals surface area (Å²) in [5, 5.41) is 5.16. The van der Waals surface area contributed by atoms with Crippen molar-refractivity contribution < 1.29 is 0 Å².